The first-order chi connectivity index (χ1) is 6.91. The predicted molar refractivity (Wildman–Crippen MR) is 44.4 cm³/mol. The Morgan fingerprint density at radius 3 is 2.50 bits per heavy atom. The molecule has 2 atom stereocenters. The maximum absolute atomic E-state index is 11.3. The SMILES string of the molecule is CC1(C)OCC(C2OC(=O)C(O)=C2[O-])O1.[Na+]. The van der Waals surface area contributed by atoms with Crippen LogP contribution < -0.4 is 34.7 Å². The second-order valence-corrected chi connectivity index (χ2v) is 3.91. The quantitative estimate of drug-likeness (QED) is 0.372. The van der Waals surface area contributed by atoms with Gasteiger partial charge in [-0.15, -0.1) is 0 Å². The number of aliphatic hydroxyl groups excluding tert-OH is 1. The number of aliphatic hydroxyl groups is 1. The second kappa shape index (κ2) is 4.54. The fourth-order valence-electron chi connectivity index (χ4n) is 1.57. The van der Waals surface area contributed by atoms with E-state index in [2.05, 4.69) is 4.74 Å². The van der Waals surface area contributed by atoms with Crippen LogP contribution in [-0.4, -0.2) is 35.7 Å². The first-order valence-corrected chi connectivity index (χ1v) is 4.53. The summed E-state index contributed by atoms with van der Waals surface area (Å²) in [5, 5.41) is 20.4. The van der Waals surface area contributed by atoms with Crippen LogP contribution in [0.1, 0.15) is 13.8 Å². The molecule has 2 aliphatic heterocycles. The van der Waals surface area contributed by atoms with Crippen molar-refractivity contribution in [2.75, 3.05) is 6.61 Å². The average molecular weight is 238 g/mol. The van der Waals surface area contributed by atoms with Crippen LogP contribution in [0.5, 0.6) is 0 Å². The summed E-state index contributed by atoms with van der Waals surface area (Å²) in [5.41, 5.74) is 0. The van der Waals surface area contributed by atoms with E-state index in [1.165, 1.54) is 0 Å². The minimum atomic E-state index is -1.08. The number of ether oxygens (including phenoxy) is 3. The molecule has 1 fully saturated rings. The Kier molecular flexibility index (Phi) is 3.91. The first-order valence-electron chi connectivity index (χ1n) is 4.53. The van der Waals surface area contributed by atoms with Gasteiger partial charge < -0.3 is 24.4 Å². The Labute approximate surface area is 114 Å². The van der Waals surface area contributed by atoms with Crippen LogP contribution in [0, 0.1) is 0 Å². The molecule has 0 radical (unpaired) electrons. The van der Waals surface area contributed by atoms with Gasteiger partial charge in [-0.2, -0.15) is 0 Å². The molecule has 6 nitrogen and oxygen atoms in total. The predicted octanol–water partition coefficient (Wildman–Crippen LogP) is -3.80. The third-order valence-corrected chi connectivity index (χ3v) is 2.29. The van der Waals surface area contributed by atoms with E-state index in [0.29, 0.717) is 0 Å². The molecule has 84 valence electrons. The Balaban J connectivity index is 0.00000128. The molecule has 1 saturated heterocycles. The monoisotopic (exact) mass is 238 g/mol. The Bertz CT molecular complexity index is 337. The molecule has 0 aromatic rings. The van der Waals surface area contributed by atoms with Crippen LogP contribution in [-0.2, 0) is 19.0 Å². The van der Waals surface area contributed by atoms with Crippen LogP contribution in [0.15, 0.2) is 11.5 Å². The summed E-state index contributed by atoms with van der Waals surface area (Å²) in [4.78, 5) is 10.9. The molecule has 0 amide bonds. The molecular weight excluding hydrogens is 227 g/mol. The van der Waals surface area contributed by atoms with Crippen molar-refractivity contribution in [2.45, 2.75) is 31.8 Å². The molecule has 0 aromatic carbocycles. The molecule has 2 aliphatic rings. The molecular formula is C9H11NaO6. The van der Waals surface area contributed by atoms with E-state index >= 15 is 0 Å². The van der Waals surface area contributed by atoms with Crippen molar-refractivity contribution in [1.29, 1.82) is 0 Å². The minimum absolute atomic E-state index is 0. The molecule has 2 unspecified atom stereocenters. The van der Waals surface area contributed by atoms with Crippen molar-refractivity contribution in [1.82, 2.24) is 0 Å². The molecule has 0 saturated carbocycles. The molecule has 2 heterocycles. The summed E-state index contributed by atoms with van der Waals surface area (Å²) in [6.45, 7) is 3.54. The van der Waals surface area contributed by atoms with Gasteiger partial charge in [0.2, 0.25) is 0 Å². The van der Waals surface area contributed by atoms with Crippen LogP contribution in [0.2, 0.25) is 0 Å². The maximum atomic E-state index is 11.3. The van der Waals surface area contributed by atoms with Crippen LogP contribution in [0.3, 0.4) is 0 Å². The van der Waals surface area contributed by atoms with Crippen LogP contribution in [0.4, 0.5) is 0 Å². The van der Waals surface area contributed by atoms with Crippen molar-refractivity contribution in [3.63, 3.8) is 0 Å². The number of hydrogen-bond acceptors (Lipinski definition) is 6. The van der Waals surface area contributed by atoms with Crippen molar-refractivity contribution in [2.24, 2.45) is 0 Å². The van der Waals surface area contributed by atoms with Crippen molar-refractivity contribution in [3.8, 4) is 0 Å². The van der Waals surface area contributed by atoms with Crippen molar-refractivity contribution >= 4 is 5.97 Å². The Hall–Kier alpha value is -0.270. The molecule has 0 spiro atoms. The van der Waals surface area contributed by atoms with Gasteiger partial charge in [0.25, 0.3) is 0 Å². The van der Waals surface area contributed by atoms with Gasteiger partial charge in [0.1, 0.15) is 12.2 Å². The van der Waals surface area contributed by atoms with E-state index in [0.717, 1.165) is 0 Å². The number of hydrogen-bond donors (Lipinski definition) is 1. The number of cyclic esters (lactones) is 1. The number of rotatable bonds is 1. The summed E-state index contributed by atoms with van der Waals surface area (Å²) in [6, 6.07) is 0. The topological polar surface area (TPSA) is 88.1 Å². The van der Waals surface area contributed by atoms with Gasteiger partial charge in [-0.1, -0.05) is 0 Å². The zero-order valence-corrected chi connectivity index (χ0v) is 11.4. The summed E-state index contributed by atoms with van der Waals surface area (Å²) < 4.78 is 15.3. The zero-order chi connectivity index (χ0) is 11.2. The Morgan fingerprint density at radius 1 is 1.50 bits per heavy atom. The molecule has 16 heavy (non-hydrogen) atoms. The van der Waals surface area contributed by atoms with Crippen molar-refractivity contribution < 1.29 is 58.8 Å². The van der Waals surface area contributed by atoms with Crippen LogP contribution >= 0.6 is 0 Å². The number of esters is 1. The fraction of sp³-hybridized carbons (Fsp3) is 0.667. The largest absolute Gasteiger partial charge is 1.00 e. The molecule has 7 heteroatoms. The summed E-state index contributed by atoms with van der Waals surface area (Å²) >= 11 is 0. The van der Waals surface area contributed by atoms with Gasteiger partial charge in [0, 0.05) is 0 Å². The average Bonchev–Trinajstić information content (AvgIpc) is 2.62. The normalized spacial score (nSPS) is 32.5. The standard InChI is InChI=1S/C9H12O6.Na/c1-9(2)13-3-4(15-9)7-5(10)6(11)8(12)14-7;/h4,7,10-11H,3H2,1-2H3;/q;+1/p-1. The molecule has 0 aromatic heterocycles. The van der Waals surface area contributed by atoms with Gasteiger partial charge in [-0.25, -0.2) is 4.79 Å². The molecule has 1 N–H and O–H groups in total. The van der Waals surface area contributed by atoms with Crippen molar-refractivity contribution in [3.05, 3.63) is 11.5 Å². The second-order valence-electron chi connectivity index (χ2n) is 3.91. The fourth-order valence-corrected chi connectivity index (χ4v) is 1.57. The summed E-state index contributed by atoms with van der Waals surface area (Å²) in [5.74, 6) is -3.41. The van der Waals surface area contributed by atoms with E-state index < -0.39 is 35.5 Å². The van der Waals surface area contributed by atoms with E-state index in [9.17, 15) is 9.90 Å². The molecule has 0 aliphatic carbocycles. The van der Waals surface area contributed by atoms with E-state index in [4.69, 9.17) is 14.6 Å². The van der Waals surface area contributed by atoms with Gasteiger partial charge in [-0.05, 0) is 19.6 Å². The van der Waals surface area contributed by atoms with Crippen LogP contribution in [0.25, 0.3) is 0 Å². The van der Waals surface area contributed by atoms with Gasteiger partial charge in [0.15, 0.2) is 11.5 Å². The summed E-state index contributed by atoms with van der Waals surface area (Å²) in [7, 11) is 0. The number of carbonyl (C=O) groups is 1. The van der Waals surface area contributed by atoms with Gasteiger partial charge in [-0.3, -0.25) is 0 Å². The van der Waals surface area contributed by atoms with Gasteiger partial charge >= 0.3 is 35.5 Å². The third kappa shape index (κ3) is 2.36. The van der Waals surface area contributed by atoms with Gasteiger partial charge in [0.05, 0.1) is 6.61 Å². The third-order valence-electron chi connectivity index (χ3n) is 2.29. The zero-order valence-electron chi connectivity index (χ0n) is 9.35. The van der Waals surface area contributed by atoms with E-state index in [1.807, 2.05) is 0 Å². The van der Waals surface area contributed by atoms with E-state index in [-0.39, 0.29) is 36.2 Å². The molecule has 2 rings (SSSR count). The smallest absolute Gasteiger partial charge is 0.870 e. The summed E-state index contributed by atoms with van der Waals surface area (Å²) in [6.07, 6.45) is -1.74. The Morgan fingerprint density at radius 2 is 2.12 bits per heavy atom. The molecule has 0 bridgehead atoms. The first kappa shape index (κ1) is 13.8. The number of carbonyl (C=O) groups excluding carboxylic acids is 1. The maximum Gasteiger partial charge on any atom is 1.00 e. The minimum Gasteiger partial charge on any atom is -0.870 e. The van der Waals surface area contributed by atoms with E-state index in [1.54, 1.807) is 13.8 Å².